The lowest BCUT2D eigenvalue weighted by atomic mass is 10.0. The zero-order chi connectivity index (χ0) is 16.4. The largest absolute Gasteiger partial charge is 0.392 e. The highest BCUT2D eigenvalue weighted by Crippen LogP contribution is 2.28. The molecular weight excluding hydrogens is 381 g/mol. The van der Waals surface area contributed by atoms with Crippen molar-refractivity contribution in [1.29, 1.82) is 0 Å². The average molecular weight is 404 g/mol. The molecule has 0 spiro atoms. The van der Waals surface area contributed by atoms with Crippen molar-refractivity contribution in [2.24, 2.45) is 0 Å². The fourth-order valence-corrected chi connectivity index (χ4v) is 3.63. The number of β-amino-alcohol motifs (C(OH)–C–C–N with tert-alkyl or cyclic N) is 1. The van der Waals surface area contributed by atoms with E-state index in [4.69, 9.17) is 0 Å². The molecule has 0 radical (unpaired) electrons. The number of aromatic nitrogens is 1. The number of halogens is 2. The molecule has 0 aliphatic carbocycles. The molecule has 3 N–H and O–H groups in total. The van der Waals surface area contributed by atoms with Gasteiger partial charge in [-0.05, 0) is 31.4 Å². The molecular formula is C17H23Cl2N3O2S. The van der Waals surface area contributed by atoms with E-state index in [2.05, 4.69) is 27.8 Å². The molecule has 2 heterocycles. The number of nitrogens with one attached hydrogen (secondary N) is 2. The van der Waals surface area contributed by atoms with Crippen molar-refractivity contribution >= 4 is 42.1 Å². The van der Waals surface area contributed by atoms with Crippen LogP contribution >= 0.6 is 36.2 Å². The number of nitrogens with zero attached hydrogens (tertiary/aromatic N) is 1. The minimum absolute atomic E-state index is 0. The highest BCUT2D eigenvalue weighted by atomic mass is 35.5. The Kier molecular flexibility index (Phi) is 8.31. The minimum Gasteiger partial charge on any atom is -0.392 e. The molecule has 2 unspecified atom stereocenters. The van der Waals surface area contributed by atoms with Crippen LogP contribution in [0.5, 0.6) is 0 Å². The van der Waals surface area contributed by atoms with Gasteiger partial charge in [0.2, 0.25) is 5.91 Å². The Morgan fingerprint density at radius 3 is 2.56 bits per heavy atom. The summed E-state index contributed by atoms with van der Waals surface area (Å²) in [7, 11) is 0. The number of amides is 1. The first-order chi connectivity index (χ1) is 11.0. The van der Waals surface area contributed by atoms with E-state index in [-0.39, 0.29) is 42.8 Å². The third-order valence-corrected chi connectivity index (χ3v) is 5.18. The number of aliphatic hydroxyl groups excluding tert-OH is 1. The summed E-state index contributed by atoms with van der Waals surface area (Å²) in [5.41, 5.74) is 5.09. The van der Waals surface area contributed by atoms with Crippen LogP contribution in [0.3, 0.4) is 0 Å². The Bertz CT molecular complexity index is 693. The number of rotatable bonds is 4. The predicted molar refractivity (Wildman–Crippen MR) is 106 cm³/mol. The first-order valence-electron chi connectivity index (χ1n) is 7.77. The van der Waals surface area contributed by atoms with Crippen molar-refractivity contribution in [1.82, 2.24) is 15.6 Å². The molecule has 0 saturated carbocycles. The topological polar surface area (TPSA) is 74.2 Å². The van der Waals surface area contributed by atoms with Gasteiger partial charge in [-0.2, -0.15) is 0 Å². The summed E-state index contributed by atoms with van der Waals surface area (Å²) in [6.45, 7) is 4.46. The lowest BCUT2D eigenvalue weighted by Crippen LogP contribution is -2.41. The molecule has 1 aliphatic rings. The average Bonchev–Trinajstić information content (AvgIpc) is 3.16. The first kappa shape index (κ1) is 21.9. The second-order valence-corrected chi connectivity index (χ2v) is 6.82. The molecule has 1 aromatic heterocycles. The zero-order valence-electron chi connectivity index (χ0n) is 14.1. The van der Waals surface area contributed by atoms with E-state index in [1.54, 1.807) is 11.3 Å². The van der Waals surface area contributed by atoms with Crippen LogP contribution in [0.4, 0.5) is 0 Å². The van der Waals surface area contributed by atoms with Crippen LogP contribution in [0, 0.1) is 6.92 Å². The van der Waals surface area contributed by atoms with Crippen molar-refractivity contribution in [2.45, 2.75) is 38.5 Å². The van der Waals surface area contributed by atoms with Gasteiger partial charge in [0.15, 0.2) is 0 Å². The molecule has 8 heteroatoms. The standard InChI is InChI=1S/C17H21N3O2S.2ClH/c1-10(20-17(22)15-7-14(21)8-18-15)12-3-5-13(6-4-12)16-11(2)19-9-23-16;;/h3-6,9-10,14-15,18,21H,7-8H2,1-2H3,(H,20,22);2*1H/t10-,14?,15?;;/m0../s1. The van der Waals surface area contributed by atoms with Gasteiger partial charge in [-0.1, -0.05) is 24.3 Å². The second-order valence-electron chi connectivity index (χ2n) is 5.97. The summed E-state index contributed by atoms with van der Waals surface area (Å²) >= 11 is 1.63. The van der Waals surface area contributed by atoms with Crippen molar-refractivity contribution in [3.63, 3.8) is 0 Å². The van der Waals surface area contributed by atoms with Gasteiger partial charge >= 0.3 is 0 Å². The molecule has 1 fully saturated rings. The number of thiazole rings is 1. The smallest absolute Gasteiger partial charge is 0.237 e. The normalized spacial score (nSPS) is 20.3. The van der Waals surface area contributed by atoms with Crippen LogP contribution in [0.2, 0.25) is 0 Å². The molecule has 1 saturated heterocycles. The van der Waals surface area contributed by atoms with Gasteiger partial charge in [0, 0.05) is 6.54 Å². The highest BCUT2D eigenvalue weighted by molar-refractivity contribution is 7.13. The van der Waals surface area contributed by atoms with E-state index in [0.717, 1.165) is 16.8 Å². The number of carbonyl (C=O) groups is 1. The van der Waals surface area contributed by atoms with Crippen molar-refractivity contribution < 1.29 is 9.90 Å². The van der Waals surface area contributed by atoms with Crippen molar-refractivity contribution in [3.05, 3.63) is 41.0 Å². The van der Waals surface area contributed by atoms with Gasteiger partial charge in [-0.15, -0.1) is 36.2 Å². The summed E-state index contributed by atoms with van der Waals surface area (Å²) in [4.78, 5) is 17.6. The van der Waals surface area contributed by atoms with Gasteiger partial charge in [-0.25, -0.2) is 4.98 Å². The quantitative estimate of drug-likeness (QED) is 0.733. The predicted octanol–water partition coefficient (Wildman–Crippen LogP) is 2.86. The third-order valence-electron chi connectivity index (χ3n) is 4.20. The van der Waals surface area contributed by atoms with Gasteiger partial charge in [0.25, 0.3) is 0 Å². The maximum Gasteiger partial charge on any atom is 0.237 e. The van der Waals surface area contributed by atoms with Crippen molar-refractivity contribution in [3.8, 4) is 10.4 Å². The van der Waals surface area contributed by atoms with E-state index in [9.17, 15) is 9.90 Å². The van der Waals surface area contributed by atoms with Crippen LogP contribution in [-0.4, -0.2) is 34.7 Å². The van der Waals surface area contributed by atoms with E-state index in [1.807, 2.05) is 31.5 Å². The van der Waals surface area contributed by atoms with Crippen LogP contribution in [-0.2, 0) is 4.79 Å². The molecule has 0 bridgehead atoms. The molecule has 3 atom stereocenters. The molecule has 1 amide bonds. The Morgan fingerprint density at radius 1 is 1.36 bits per heavy atom. The van der Waals surface area contributed by atoms with Crippen LogP contribution < -0.4 is 10.6 Å². The SMILES string of the molecule is Cc1ncsc1-c1ccc([C@H](C)NC(=O)C2CC(O)CN2)cc1.Cl.Cl. The minimum atomic E-state index is -0.428. The second kappa shape index (κ2) is 9.50. The van der Waals surface area contributed by atoms with E-state index < -0.39 is 6.10 Å². The van der Waals surface area contributed by atoms with Gasteiger partial charge in [0.05, 0.1) is 34.3 Å². The molecule has 138 valence electrons. The Morgan fingerprint density at radius 2 is 2.04 bits per heavy atom. The molecule has 5 nitrogen and oxygen atoms in total. The maximum atomic E-state index is 12.2. The summed E-state index contributed by atoms with van der Waals surface area (Å²) in [5.74, 6) is -0.0589. The molecule has 1 aromatic carbocycles. The number of hydrogen-bond donors (Lipinski definition) is 3. The number of carbonyl (C=O) groups excluding carboxylic acids is 1. The lowest BCUT2D eigenvalue weighted by molar-refractivity contribution is -0.123. The maximum absolute atomic E-state index is 12.2. The van der Waals surface area contributed by atoms with Crippen LogP contribution in [0.15, 0.2) is 29.8 Å². The van der Waals surface area contributed by atoms with Gasteiger partial charge < -0.3 is 15.7 Å². The summed E-state index contributed by atoms with van der Waals surface area (Å²) in [6.07, 6.45) is 0.0466. The lowest BCUT2D eigenvalue weighted by Gasteiger charge is -2.18. The summed E-state index contributed by atoms with van der Waals surface area (Å²) in [5, 5.41) is 15.5. The Balaban J connectivity index is 0.00000156. The monoisotopic (exact) mass is 403 g/mol. The molecule has 3 rings (SSSR count). The Labute approximate surface area is 164 Å². The highest BCUT2D eigenvalue weighted by Gasteiger charge is 2.28. The number of benzene rings is 1. The fraction of sp³-hybridized carbons (Fsp3) is 0.412. The Hall–Kier alpha value is -1.18. The van der Waals surface area contributed by atoms with E-state index in [1.165, 1.54) is 4.88 Å². The molecule has 2 aromatic rings. The van der Waals surface area contributed by atoms with E-state index >= 15 is 0 Å². The van der Waals surface area contributed by atoms with Gasteiger partial charge in [0.1, 0.15) is 0 Å². The number of aryl methyl sites for hydroxylation is 1. The van der Waals surface area contributed by atoms with Gasteiger partial charge in [-0.3, -0.25) is 4.79 Å². The number of aliphatic hydroxyl groups is 1. The first-order valence-corrected chi connectivity index (χ1v) is 8.65. The summed E-state index contributed by atoms with van der Waals surface area (Å²) < 4.78 is 0. The number of hydrogen-bond acceptors (Lipinski definition) is 5. The van der Waals surface area contributed by atoms with Crippen LogP contribution in [0.1, 0.15) is 30.6 Å². The van der Waals surface area contributed by atoms with Crippen molar-refractivity contribution in [2.75, 3.05) is 6.54 Å². The molecule has 1 aliphatic heterocycles. The van der Waals surface area contributed by atoms with E-state index in [0.29, 0.717) is 13.0 Å². The fourth-order valence-electron chi connectivity index (χ4n) is 2.82. The third kappa shape index (κ3) is 5.15. The zero-order valence-corrected chi connectivity index (χ0v) is 16.5. The summed E-state index contributed by atoms with van der Waals surface area (Å²) in [6, 6.07) is 7.84. The van der Waals surface area contributed by atoms with Crippen LogP contribution in [0.25, 0.3) is 10.4 Å². The molecule has 25 heavy (non-hydrogen) atoms.